The number of aromatic nitrogens is 2. The second-order valence-electron chi connectivity index (χ2n) is 8.09. The zero-order valence-electron chi connectivity index (χ0n) is 18.7. The van der Waals surface area contributed by atoms with Crippen LogP contribution in [-0.4, -0.2) is 33.9 Å². The first-order valence-electron chi connectivity index (χ1n) is 10.4. The summed E-state index contributed by atoms with van der Waals surface area (Å²) >= 11 is 1.40. The summed E-state index contributed by atoms with van der Waals surface area (Å²) < 4.78 is 7.19. The van der Waals surface area contributed by atoms with Crippen LogP contribution in [0.5, 0.6) is 0 Å². The molecule has 3 aromatic rings. The SMILES string of the molecule is CCn1nccc1-c1ccc(C(=O)N/C(=C\c2ccccc2)CNC(=O)OC(C)(C)C)s1. The molecule has 3 rings (SSSR count). The van der Waals surface area contributed by atoms with E-state index in [0.29, 0.717) is 10.6 Å². The van der Waals surface area contributed by atoms with Crippen LogP contribution in [0.3, 0.4) is 0 Å². The van der Waals surface area contributed by atoms with E-state index in [0.717, 1.165) is 22.7 Å². The van der Waals surface area contributed by atoms with Crippen LogP contribution in [0.1, 0.15) is 42.9 Å². The van der Waals surface area contributed by atoms with Crippen LogP contribution >= 0.6 is 11.3 Å². The monoisotopic (exact) mass is 452 g/mol. The Morgan fingerprint density at radius 1 is 1.12 bits per heavy atom. The van der Waals surface area contributed by atoms with E-state index in [-0.39, 0.29) is 12.5 Å². The number of amides is 2. The van der Waals surface area contributed by atoms with E-state index in [1.54, 1.807) is 33.0 Å². The Labute approximate surface area is 192 Å². The van der Waals surface area contributed by atoms with Crippen molar-refractivity contribution in [2.75, 3.05) is 6.54 Å². The lowest BCUT2D eigenvalue weighted by Crippen LogP contribution is -2.36. The van der Waals surface area contributed by atoms with Crippen molar-refractivity contribution in [3.05, 3.63) is 70.9 Å². The van der Waals surface area contributed by atoms with E-state index < -0.39 is 11.7 Å². The third-order valence-corrected chi connectivity index (χ3v) is 5.44. The molecule has 2 heterocycles. The molecule has 7 nitrogen and oxygen atoms in total. The number of carbonyl (C=O) groups is 2. The topological polar surface area (TPSA) is 85.3 Å². The molecular formula is C24H28N4O3S. The molecule has 0 unspecified atom stereocenters. The molecule has 0 radical (unpaired) electrons. The van der Waals surface area contributed by atoms with Crippen molar-refractivity contribution in [2.24, 2.45) is 0 Å². The van der Waals surface area contributed by atoms with Gasteiger partial charge < -0.3 is 15.4 Å². The number of benzene rings is 1. The van der Waals surface area contributed by atoms with Gasteiger partial charge in [0, 0.05) is 18.4 Å². The van der Waals surface area contributed by atoms with Crippen LogP contribution in [0.2, 0.25) is 0 Å². The summed E-state index contributed by atoms with van der Waals surface area (Å²) in [6.07, 6.45) is 3.04. The molecule has 0 aliphatic carbocycles. The molecule has 1 aromatic carbocycles. The van der Waals surface area contributed by atoms with Crippen molar-refractivity contribution in [1.82, 2.24) is 20.4 Å². The van der Waals surface area contributed by atoms with Gasteiger partial charge in [0.1, 0.15) is 5.60 Å². The Kier molecular flexibility index (Phi) is 7.48. The average Bonchev–Trinajstić information content (AvgIpc) is 3.40. The third-order valence-electron chi connectivity index (χ3n) is 4.33. The number of thiophene rings is 1. The van der Waals surface area contributed by atoms with Crippen LogP contribution in [0, 0.1) is 0 Å². The number of hydrogen-bond donors (Lipinski definition) is 2. The Hall–Kier alpha value is -3.39. The number of nitrogens with one attached hydrogen (secondary N) is 2. The Morgan fingerprint density at radius 3 is 2.56 bits per heavy atom. The van der Waals surface area contributed by atoms with Crippen LogP contribution < -0.4 is 10.6 Å². The summed E-state index contributed by atoms with van der Waals surface area (Å²) in [5.74, 6) is -0.239. The van der Waals surface area contributed by atoms with Gasteiger partial charge in [0.2, 0.25) is 0 Å². The third kappa shape index (κ3) is 6.55. The van der Waals surface area contributed by atoms with Crippen molar-refractivity contribution in [3.63, 3.8) is 0 Å². The summed E-state index contributed by atoms with van der Waals surface area (Å²) in [6.45, 7) is 8.30. The molecule has 0 atom stereocenters. The van der Waals surface area contributed by atoms with E-state index in [2.05, 4.69) is 15.7 Å². The molecule has 0 saturated carbocycles. The fourth-order valence-corrected chi connectivity index (χ4v) is 3.89. The van der Waals surface area contributed by atoms with Gasteiger partial charge in [0.05, 0.1) is 22.0 Å². The maximum atomic E-state index is 12.9. The normalized spacial score (nSPS) is 11.8. The number of ether oxygens (including phenoxy) is 1. The first-order valence-corrected chi connectivity index (χ1v) is 11.2. The standard InChI is InChI=1S/C24H28N4O3S/c1-5-28-19(13-14-26-28)20-11-12-21(32-20)22(29)27-18(15-17-9-7-6-8-10-17)16-25-23(30)31-24(2,3)4/h6-15H,5,16H2,1-4H3,(H,25,30)(H,27,29)/b18-15-. The Morgan fingerprint density at radius 2 is 1.88 bits per heavy atom. The molecule has 32 heavy (non-hydrogen) atoms. The lowest BCUT2D eigenvalue weighted by atomic mass is 10.2. The van der Waals surface area contributed by atoms with Gasteiger partial charge in [-0.25, -0.2) is 4.79 Å². The molecule has 2 N–H and O–H groups in total. The van der Waals surface area contributed by atoms with Crippen LogP contribution in [-0.2, 0) is 11.3 Å². The van der Waals surface area contributed by atoms with Crippen molar-refractivity contribution in [3.8, 4) is 10.6 Å². The zero-order valence-corrected chi connectivity index (χ0v) is 19.5. The van der Waals surface area contributed by atoms with Crippen molar-refractivity contribution in [1.29, 1.82) is 0 Å². The molecule has 0 aliphatic rings. The summed E-state index contributed by atoms with van der Waals surface area (Å²) in [5, 5.41) is 9.92. The summed E-state index contributed by atoms with van der Waals surface area (Å²) in [5.41, 5.74) is 1.84. The Balaban J connectivity index is 1.75. The van der Waals surface area contributed by atoms with Crippen LogP contribution in [0.25, 0.3) is 16.6 Å². The number of nitrogens with zero attached hydrogens (tertiary/aromatic N) is 2. The van der Waals surface area contributed by atoms with Gasteiger partial charge >= 0.3 is 6.09 Å². The molecule has 0 aliphatic heterocycles. The minimum absolute atomic E-state index is 0.121. The molecule has 0 bridgehead atoms. The minimum atomic E-state index is -0.602. The number of aryl methyl sites for hydroxylation is 1. The molecule has 8 heteroatoms. The van der Waals surface area contributed by atoms with E-state index in [9.17, 15) is 9.59 Å². The Bertz CT molecular complexity index is 1090. The van der Waals surface area contributed by atoms with Gasteiger partial charge in [0.25, 0.3) is 5.91 Å². The molecular weight excluding hydrogens is 424 g/mol. The highest BCUT2D eigenvalue weighted by molar-refractivity contribution is 7.17. The summed E-state index contributed by atoms with van der Waals surface area (Å²) in [6, 6.07) is 15.2. The summed E-state index contributed by atoms with van der Waals surface area (Å²) in [7, 11) is 0. The first-order chi connectivity index (χ1) is 15.2. The minimum Gasteiger partial charge on any atom is -0.444 e. The van der Waals surface area contributed by atoms with E-state index in [4.69, 9.17) is 4.74 Å². The fraction of sp³-hybridized carbons (Fsp3) is 0.292. The molecule has 0 fully saturated rings. The van der Waals surface area contributed by atoms with Gasteiger partial charge in [0.15, 0.2) is 0 Å². The highest BCUT2D eigenvalue weighted by Gasteiger charge is 2.17. The van der Waals surface area contributed by atoms with Crippen molar-refractivity contribution in [2.45, 2.75) is 39.8 Å². The van der Waals surface area contributed by atoms with E-state index in [1.165, 1.54) is 11.3 Å². The highest BCUT2D eigenvalue weighted by Crippen LogP contribution is 2.28. The van der Waals surface area contributed by atoms with Crippen LogP contribution in [0.15, 0.2) is 60.4 Å². The second kappa shape index (κ2) is 10.3. The maximum Gasteiger partial charge on any atom is 0.407 e. The van der Waals surface area contributed by atoms with E-state index >= 15 is 0 Å². The van der Waals surface area contributed by atoms with Crippen molar-refractivity contribution < 1.29 is 14.3 Å². The molecule has 168 valence electrons. The largest absolute Gasteiger partial charge is 0.444 e. The van der Waals surface area contributed by atoms with Crippen molar-refractivity contribution >= 4 is 29.4 Å². The average molecular weight is 453 g/mol. The maximum absolute atomic E-state index is 12.9. The fourth-order valence-electron chi connectivity index (χ4n) is 2.96. The molecule has 0 spiro atoms. The lowest BCUT2D eigenvalue weighted by Gasteiger charge is -2.20. The second-order valence-corrected chi connectivity index (χ2v) is 9.17. The number of hydrogen-bond acceptors (Lipinski definition) is 5. The number of carbonyl (C=O) groups excluding carboxylic acids is 2. The molecule has 0 saturated heterocycles. The highest BCUT2D eigenvalue weighted by atomic mass is 32.1. The van der Waals surface area contributed by atoms with Crippen LogP contribution in [0.4, 0.5) is 4.79 Å². The van der Waals surface area contributed by atoms with Gasteiger partial charge in [-0.15, -0.1) is 11.3 Å². The first kappa shape index (κ1) is 23.3. The van der Waals surface area contributed by atoms with Gasteiger partial charge in [-0.05, 0) is 57.5 Å². The quantitative estimate of drug-likeness (QED) is 0.532. The molecule has 2 aromatic heterocycles. The number of rotatable bonds is 7. The van der Waals surface area contributed by atoms with E-state index in [1.807, 2.05) is 60.1 Å². The van der Waals surface area contributed by atoms with Gasteiger partial charge in [-0.3, -0.25) is 9.48 Å². The predicted molar refractivity (Wildman–Crippen MR) is 127 cm³/mol. The predicted octanol–water partition coefficient (Wildman–Crippen LogP) is 4.93. The smallest absolute Gasteiger partial charge is 0.407 e. The zero-order chi connectivity index (χ0) is 23.1. The summed E-state index contributed by atoms with van der Waals surface area (Å²) in [4.78, 5) is 26.6. The van der Waals surface area contributed by atoms with Gasteiger partial charge in [-0.1, -0.05) is 30.3 Å². The number of alkyl carbamates (subject to hydrolysis) is 1. The molecule has 2 amide bonds. The lowest BCUT2D eigenvalue weighted by molar-refractivity contribution is 0.0531. The van der Waals surface area contributed by atoms with Gasteiger partial charge in [-0.2, -0.15) is 5.10 Å².